The second-order valence-corrected chi connectivity index (χ2v) is 5.25. The number of benzene rings is 1. The highest BCUT2D eigenvalue weighted by atomic mass is 19.4. The lowest BCUT2D eigenvalue weighted by Crippen LogP contribution is -2.32. The van der Waals surface area contributed by atoms with E-state index >= 15 is 0 Å². The molecule has 122 valence electrons. The molecule has 0 fully saturated rings. The predicted molar refractivity (Wildman–Crippen MR) is 77.1 cm³/mol. The molecule has 0 amide bonds. The van der Waals surface area contributed by atoms with Gasteiger partial charge in [-0.05, 0) is 11.1 Å². The Morgan fingerprint density at radius 1 is 1.39 bits per heavy atom. The van der Waals surface area contributed by atoms with E-state index in [2.05, 4.69) is 5.10 Å². The van der Waals surface area contributed by atoms with E-state index < -0.39 is 23.3 Å². The van der Waals surface area contributed by atoms with Crippen LogP contribution in [0.15, 0.2) is 35.3 Å². The smallest absolute Gasteiger partial charge is 0.382 e. The molecule has 3 rings (SSSR count). The number of alkyl halides is 3. The fourth-order valence-corrected chi connectivity index (χ4v) is 2.94. The molecule has 0 aliphatic carbocycles. The van der Waals surface area contributed by atoms with E-state index in [-0.39, 0.29) is 18.8 Å². The van der Waals surface area contributed by atoms with Crippen molar-refractivity contribution in [3.05, 3.63) is 57.5 Å². The average Bonchev–Trinajstić information content (AvgIpc) is 2.85. The molecular formula is C15H14F3N3O2. The minimum Gasteiger partial charge on any atom is -0.382 e. The number of hydrogen-bond acceptors (Lipinski definition) is 4. The summed E-state index contributed by atoms with van der Waals surface area (Å²) in [4.78, 5) is 13.2. The van der Waals surface area contributed by atoms with Gasteiger partial charge < -0.3 is 9.64 Å². The number of aromatic nitrogens is 2. The van der Waals surface area contributed by atoms with E-state index in [1.54, 1.807) is 0 Å². The normalized spacial score (nSPS) is 17.4. The highest BCUT2D eigenvalue weighted by Crippen LogP contribution is 2.41. The molecule has 0 bridgehead atoms. The number of hydrogen-bond donors (Lipinski definition) is 1. The SMILES string of the molecule is COCC1c2ccccc2CN1c1cn[nH]c(=O)c1C(F)(F)F. The molecule has 2 heterocycles. The molecule has 5 nitrogen and oxygen atoms in total. The number of H-pyrrole nitrogens is 1. The van der Waals surface area contributed by atoms with Gasteiger partial charge in [-0.25, -0.2) is 5.10 Å². The van der Waals surface area contributed by atoms with Crippen LogP contribution in [0, 0.1) is 0 Å². The third-order valence-corrected chi connectivity index (χ3v) is 3.88. The summed E-state index contributed by atoms with van der Waals surface area (Å²) in [5.41, 5.74) is -0.922. The van der Waals surface area contributed by atoms with Crippen LogP contribution in [0.3, 0.4) is 0 Å². The summed E-state index contributed by atoms with van der Waals surface area (Å²) in [6.07, 6.45) is -3.73. The van der Waals surface area contributed by atoms with Crippen molar-refractivity contribution in [3.8, 4) is 0 Å². The van der Waals surface area contributed by atoms with Gasteiger partial charge in [0.15, 0.2) is 0 Å². The fraction of sp³-hybridized carbons (Fsp3) is 0.333. The van der Waals surface area contributed by atoms with Crippen LogP contribution >= 0.6 is 0 Å². The van der Waals surface area contributed by atoms with Gasteiger partial charge in [-0.2, -0.15) is 18.3 Å². The van der Waals surface area contributed by atoms with E-state index in [4.69, 9.17) is 4.74 Å². The van der Waals surface area contributed by atoms with Gasteiger partial charge in [-0.15, -0.1) is 0 Å². The molecule has 1 aromatic carbocycles. The zero-order valence-electron chi connectivity index (χ0n) is 12.2. The Morgan fingerprint density at radius 3 is 2.83 bits per heavy atom. The van der Waals surface area contributed by atoms with Gasteiger partial charge in [0.25, 0.3) is 5.56 Å². The van der Waals surface area contributed by atoms with Crippen LogP contribution in [-0.4, -0.2) is 23.9 Å². The molecule has 0 saturated carbocycles. The van der Waals surface area contributed by atoms with Gasteiger partial charge >= 0.3 is 6.18 Å². The first-order chi connectivity index (χ1) is 10.9. The number of ether oxygens (including phenoxy) is 1. The van der Waals surface area contributed by atoms with Crippen LogP contribution < -0.4 is 10.5 Å². The van der Waals surface area contributed by atoms with Gasteiger partial charge in [0.05, 0.1) is 24.5 Å². The van der Waals surface area contributed by atoms with Crippen molar-refractivity contribution in [1.82, 2.24) is 10.2 Å². The minimum absolute atomic E-state index is 0.209. The average molecular weight is 325 g/mol. The van der Waals surface area contributed by atoms with Gasteiger partial charge in [0.1, 0.15) is 5.56 Å². The van der Waals surface area contributed by atoms with Crippen molar-refractivity contribution >= 4 is 5.69 Å². The van der Waals surface area contributed by atoms with Gasteiger partial charge in [-0.3, -0.25) is 4.79 Å². The fourth-order valence-electron chi connectivity index (χ4n) is 2.94. The lowest BCUT2D eigenvalue weighted by molar-refractivity contribution is -0.138. The van der Waals surface area contributed by atoms with E-state index in [9.17, 15) is 18.0 Å². The molecule has 1 N–H and O–H groups in total. The number of anilines is 1. The van der Waals surface area contributed by atoms with Crippen LogP contribution in [0.1, 0.15) is 22.7 Å². The van der Waals surface area contributed by atoms with Crippen molar-refractivity contribution in [2.24, 2.45) is 0 Å². The van der Waals surface area contributed by atoms with Crippen LogP contribution in [-0.2, 0) is 17.5 Å². The summed E-state index contributed by atoms with van der Waals surface area (Å²) in [5.74, 6) is 0. The Hall–Kier alpha value is -2.35. The zero-order chi connectivity index (χ0) is 16.6. The lowest BCUT2D eigenvalue weighted by atomic mass is 10.1. The molecule has 1 atom stereocenters. The highest BCUT2D eigenvalue weighted by Gasteiger charge is 2.41. The minimum atomic E-state index is -4.77. The van der Waals surface area contributed by atoms with E-state index in [0.29, 0.717) is 0 Å². The van der Waals surface area contributed by atoms with Gasteiger partial charge in [-0.1, -0.05) is 24.3 Å². The van der Waals surface area contributed by atoms with Crippen LogP contribution in [0.2, 0.25) is 0 Å². The molecule has 1 unspecified atom stereocenters. The summed E-state index contributed by atoms with van der Waals surface area (Å²) < 4.78 is 45.1. The van der Waals surface area contributed by atoms with Crippen molar-refractivity contribution in [2.45, 2.75) is 18.8 Å². The maximum atomic E-state index is 13.3. The highest BCUT2D eigenvalue weighted by molar-refractivity contribution is 5.58. The predicted octanol–water partition coefficient (Wildman–Crippen LogP) is 2.50. The first-order valence-electron chi connectivity index (χ1n) is 6.91. The Bertz CT molecular complexity index is 773. The molecular weight excluding hydrogens is 311 g/mol. The van der Waals surface area contributed by atoms with Crippen LogP contribution in [0.4, 0.5) is 18.9 Å². The topological polar surface area (TPSA) is 58.2 Å². The van der Waals surface area contributed by atoms with Crippen molar-refractivity contribution in [1.29, 1.82) is 0 Å². The number of rotatable bonds is 3. The zero-order valence-corrected chi connectivity index (χ0v) is 12.2. The summed E-state index contributed by atoms with van der Waals surface area (Å²) in [6, 6.07) is 6.96. The van der Waals surface area contributed by atoms with E-state index in [1.807, 2.05) is 29.4 Å². The number of aromatic amines is 1. The third kappa shape index (κ3) is 2.70. The molecule has 0 spiro atoms. The molecule has 1 aliphatic heterocycles. The Kier molecular flexibility index (Phi) is 3.85. The summed E-state index contributed by atoms with van der Waals surface area (Å²) >= 11 is 0. The number of fused-ring (bicyclic) bond motifs is 1. The summed E-state index contributed by atoms with van der Waals surface area (Å²) in [6.45, 7) is 0.472. The second-order valence-electron chi connectivity index (χ2n) is 5.25. The quantitative estimate of drug-likeness (QED) is 0.942. The maximum Gasteiger partial charge on any atom is 0.423 e. The first kappa shape index (κ1) is 15.5. The van der Waals surface area contributed by atoms with Crippen LogP contribution in [0.25, 0.3) is 0 Å². The molecule has 0 radical (unpaired) electrons. The molecule has 23 heavy (non-hydrogen) atoms. The van der Waals surface area contributed by atoms with Gasteiger partial charge in [0, 0.05) is 13.7 Å². The Morgan fingerprint density at radius 2 is 2.13 bits per heavy atom. The molecule has 8 heteroatoms. The van der Waals surface area contributed by atoms with E-state index in [0.717, 1.165) is 17.3 Å². The van der Waals surface area contributed by atoms with Crippen molar-refractivity contribution < 1.29 is 17.9 Å². The molecule has 2 aromatic rings. The maximum absolute atomic E-state index is 13.3. The Labute approximate surface area is 129 Å². The second kappa shape index (κ2) is 5.69. The number of halogens is 3. The number of nitrogens with zero attached hydrogens (tertiary/aromatic N) is 2. The standard InChI is InChI=1S/C15H14F3N3O2/c1-23-8-12-10-5-3-2-4-9(10)7-21(12)11-6-19-20-14(22)13(11)15(16,17)18/h2-6,12H,7-8H2,1H3,(H,20,22). The Balaban J connectivity index is 2.13. The first-order valence-corrected chi connectivity index (χ1v) is 6.91. The van der Waals surface area contributed by atoms with Crippen LogP contribution in [0.5, 0.6) is 0 Å². The van der Waals surface area contributed by atoms with Crippen molar-refractivity contribution in [2.75, 3.05) is 18.6 Å². The van der Waals surface area contributed by atoms with Gasteiger partial charge in [0.2, 0.25) is 0 Å². The molecule has 1 aliphatic rings. The monoisotopic (exact) mass is 325 g/mol. The summed E-state index contributed by atoms with van der Waals surface area (Å²) in [5, 5.41) is 5.40. The molecule has 1 aromatic heterocycles. The largest absolute Gasteiger partial charge is 0.423 e. The molecule has 0 saturated heterocycles. The van der Waals surface area contributed by atoms with Crippen molar-refractivity contribution in [3.63, 3.8) is 0 Å². The summed E-state index contributed by atoms with van der Waals surface area (Å²) in [7, 11) is 1.49. The third-order valence-electron chi connectivity index (χ3n) is 3.88. The number of methoxy groups -OCH3 is 1. The number of nitrogens with one attached hydrogen (secondary N) is 1. The van der Waals surface area contributed by atoms with E-state index in [1.165, 1.54) is 12.0 Å². The lowest BCUT2D eigenvalue weighted by Gasteiger charge is -2.28.